The molecule has 0 saturated carbocycles. The van der Waals surface area contributed by atoms with Crippen molar-refractivity contribution in [1.82, 2.24) is 20.4 Å². The number of aromatic nitrogens is 3. The normalized spacial score (nSPS) is 12.4. The molecule has 2 aromatic rings. The first-order valence-corrected chi connectivity index (χ1v) is 5.53. The van der Waals surface area contributed by atoms with Gasteiger partial charge in [0.15, 0.2) is 0 Å². The second-order valence-electron chi connectivity index (χ2n) is 4.08. The standard InChI is InChI=1S/C11H14N4O3/c1-7-10(14-18-12-7)6-11(16)15(3)8(2)9-4-5-17-13-9/h4-5,8H,6H2,1-3H3/t8-/m1/s1. The average Bonchev–Trinajstić information content (AvgIpc) is 3.00. The van der Waals surface area contributed by atoms with Gasteiger partial charge in [-0.2, -0.15) is 0 Å². The fourth-order valence-corrected chi connectivity index (χ4v) is 1.53. The molecule has 0 N–H and O–H groups in total. The third kappa shape index (κ3) is 2.39. The summed E-state index contributed by atoms with van der Waals surface area (Å²) in [6.07, 6.45) is 1.64. The Kier molecular flexibility index (Phi) is 3.40. The van der Waals surface area contributed by atoms with Crippen LogP contribution in [0.15, 0.2) is 21.5 Å². The molecule has 0 radical (unpaired) electrons. The van der Waals surface area contributed by atoms with Gasteiger partial charge in [0.25, 0.3) is 0 Å². The number of hydrogen-bond acceptors (Lipinski definition) is 6. The van der Waals surface area contributed by atoms with Gasteiger partial charge in [-0.3, -0.25) is 4.79 Å². The first-order chi connectivity index (χ1) is 8.59. The van der Waals surface area contributed by atoms with E-state index in [4.69, 9.17) is 4.52 Å². The van der Waals surface area contributed by atoms with Gasteiger partial charge in [-0.1, -0.05) is 15.5 Å². The predicted octanol–water partition coefficient (Wildman–Crippen LogP) is 1.13. The Bertz CT molecular complexity index is 520. The number of likely N-dealkylation sites (N-methyl/N-ethyl adjacent to an activating group) is 1. The highest BCUT2D eigenvalue weighted by Crippen LogP contribution is 2.17. The van der Waals surface area contributed by atoms with E-state index in [0.717, 1.165) is 0 Å². The molecule has 7 nitrogen and oxygen atoms in total. The number of nitrogens with zero attached hydrogens (tertiary/aromatic N) is 4. The third-order valence-electron chi connectivity index (χ3n) is 2.93. The van der Waals surface area contributed by atoms with Crippen LogP contribution in [0.5, 0.6) is 0 Å². The maximum absolute atomic E-state index is 12.1. The minimum Gasteiger partial charge on any atom is -0.364 e. The van der Waals surface area contributed by atoms with E-state index in [2.05, 4.69) is 20.1 Å². The first kappa shape index (κ1) is 12.3. The van der Waals surface area contributed by atoms with Crippen molar-refractivity contribution in [2.24, 2.45) is 0 Å². The first-order valence-electron chi connectivity index (χ1n) is 5.53. The average molecular weight is 250 g/mol. The Balaban J connectivity index is 2.03. The van der Waals surface area contributed by atoms with Crippen LogP contribution in [0.25, 0.3) is 0 Å². The lowest BCUT2D eigenvalue weighted by atomic mass is 10.2. The van der Waals surface area contributed by atoms with Crippen LogP contribution in [0.4, 0.5) is 0 Å². The van der Waals surface area contributed by atoms with Crippen molar-refractivity contribution in [3.8, 4) is 0 Å². The molecule has 0 spiro atoms. The van der Waals surface area contributed by atoms with Crippen molar-refractivity contribution in [1.29, 1.82) is 0 Å². The van der Waals surface area contributed by atoms with Crippen LogP contribution in [0, 0.1) is 6.92 Å². The van der Waals surface area contributed by atoms with Crippen LogP contribution in [-0.4, -0.2) is 33.3 Å². The minimum absolute atomic E-state index is 0.0794. The Hall–Kier alpha value is -2.18. The summed E-state index contributed by atoms with van der Waals surface area (Å²) in [5.74, 6) is -0.0794. The number of carbonyl (C=O) groups excluding carboxylic acids is 1. The van der Waals surface area contributed by atoms with Gasteiger partial charge in [0, 0.05) is 13.1 Å². The lowest BCUT2D eigenvalue weighted by molar-refractivity contribution is -0.131. The van der Waals surface area contributed by atoms with Crippen molar-refractivity contribution >= 4 is 5.91 Å². The van der Waals surface area contributed by atoms with Crippen molar-refractivity contribution < 1.29 is 13.9 Å². The molecule has 0 aliphatic heterocycles. The molecular weight excluding hydrogens is 236 g/mol. The molecule has 0 aliphatic rings. The van der Waals surface area contributed by atoms with E-state index in [1.165, 1.54) is 6.26 Å². The zero-order chi connectivity index (χ0) is 13.1. The summed E-state index contributed by atoms with van der Waals surface area (Å²) in [7, 11) is 1.71. The van der Waals surface area contributed by atoms with Gasteiger partial charge in [-0.15, -0.1) is 0 Å². The molecule has 0 unspecified atom stereocenters. The summed E-state index contributed by atoms with van der Waals surface area (Å²) in [6.45, 7) is 3.63. The van der Waals surface area contributed by atoms with Crippen LogP contribution in [-0.2, 0) is 11.2 Å². The quantitative estimate of drug-likeness (QED) is 0.808. The van der Waals surface area contributed by atoms with Crippen molar-refractivity contribution in [2.45, 2.75) is 26.3 Å². The lowest BCUT2D eigenvalue weighted by Crippen LogP contribution is -2.31. The molecule has 0 fully saturated rings. The van der Waals surface area contributed by atoms with Gasteiger partial charge in [-0.25, -0.2) is 4.63 Å². The highest BCUT2D eigenvalue weighted by Gasteiger charge is 2.21. The molecule has 2 rings (SSSR count). The Morgan fingerprint density at radius 3 is 2.78 bits per heavy atom. The van der Waals surface area contributed by atoms with Crippen molar-refractivity contribution in [3.05, 3.63) is 29.4 Å². The number of amides is 1. The van der Waals surface area contributed by atoms with Crippen LogP contribution >= 0.6 is 0 Å². The molecule has 1 atom stereocenters. The van der Waals surface area contributed by atoms with Crippen LogP contribution in [0.1, 0.15) is 30.0 Å². The second kappa shape index (κ2) is 4.99. The van der Waals surface area contributed by atoms with Crippen molar-refractivity contribution in [2.75, 3.05) is 7.05 Å². The smallest absolute Gasteiger partial charge is 0.229 e. The zero-order valence-corrected chi connectivity index (χ0v) is 10.5. The van der Waals surface area contributed by atoms with E-state index in [1.54, 1.807) is 24.9 Å². The predicted molar refractivity (Wildman–Crippen MR) is 60.4 cm³/mol. The maximum atomic E-state index is 12.1. The molecule has 7 heteroatoms. The van der Waals surface area contributed by atoms with Gasteiger partial charge in [0.1, 0.15) is 23.3 Å². The van der Waals surface area contributed by atoms with Crippen LogP contribution in [0.2, 0.25) is 0 Å². The summed E-state index contributed by atoms with van der Waals surface area (Å²) in [5, 5.41) is 11.2. The number of carbonyl (C=O) groups is 1. The number of rotatable bonds is 4. The van der Waals surface area contributed by atoms with E-state index < -0.39 is 0 Å². The SMILES string of the molecule is Cc1nonc1CC(=O)N(C)[C@H](C)c1ccon1. The van der Waals surface area contributed by atoms with Gasteiger partial charge in [0.2, 0.25) is 5.91 Å². The van der Waals surface area contributed by atoms with Crippen LogP contribution < -0.4 is 0 Å². The maximum Gasteiger partial charge on any atom is 0.229 e. The Morgan fingerprint density at radius 2 is 2.22 bits per heavy atom. The molecule has 18 heavy (non-hydrogen) atoms. The molecule has 0 bridgehead atoms. The number of hydrogen-bond donors (Lipinski definition) is 0. The molecule has 0 aromatic carbocycles. The van der Waals surface area contributed by atoms with Crippen molar-refractivity contribution in [3.63, 3.8) is 0 Å². The largest absolute Gasteiger partial charge is 0.364 e. The molecule has 2 aromatic heterocycles. The van der Waals surface area contributed by atoms with Gasteiger partial charge in [-0.05, 0) is 13.8 Å². The molecule has 2 heterocycles. The summed E-state index contributed by atoms with van der Waals surface area (Å²) in [4.78, 5) is 13.6. The van der Waals surface area contributed by atoms with E-state index in [9.17, 15) is 4.79 Å². The zero-order valence-electron chi connectivity index (χ0n) is 10.5. The van der Waals surface area contributed by atoms with Crippen LogP contribution in [0.3, 0.4) is 0 Å². The third-order valence-corrected chi connectivity index (χ3v) is 2.93. The summed E-state index contributed by atoms with van der Waals surface area (Å²) in [5.41, 5.74) is 1.89. The molecule has 0 aliphatic carbocycles. The minimum atomic E-state index is -0.156. The number of aryl methyl sites for hydroxylation is 1. The molecular formula is C11H14N4O3. The monoisotopic (exact) mass is 250 g/mol. The lowest BCUT2D eigenvalue weighted by Gasteiger charge is -2.22. The molecule has 1 amide bonds. The van der Waals surface area contributed by atoms with Gasteiger partial charge in [0.05, 0.1) is 12.5 Å². The molecule has 96 valence electrons. The Morgan fingerprint density at radius 1 is 1.44 bits per heavy atom. The highest BCUT2D eigenvalue weighted by molar-refractivity contribution is 5.78. The fraction of sp³-hybridized carbons (Fsp3) is 0.455. The second-order valence-corrected chi connectivity index (χ2v) is 4.08. The summed E-state index contributed by atoms with van der Waals surface area (Å²) in [6, 6.07) is 1.58. The summed E-state index contributed by atoms with van der Waals surface area (Å²) >= 11 is 0. The highest BCUT2D eigenvalue weighted by atomic mass is 16.6. The summed E-state index contributed by atoms with van der Waals surface area (Å²) < 4.78 is 9.33. The van der Waals surface area contributed by atoms with E-state index in [-0.39, 0.29) is 18.4 Å². The van der Waals surface area contributed by atoms with Gasteiger partial charge >= 0.3 is 0 Å². The van der Waals surface area contributed by atoms with E-state index in [1.807, 2.05) is 6.92 Å². The van der Waals surface area contributed by atoms with Gasteiger partial charge < -0.3 is 9.42 Å². The van der Waals surface area contributed by atoms with E-state index >= 15 is 0 Å². The topological polar surface area (TPSA) is 85.3 Å². The fourth-order valence-electron chi connectivity index (χ4n) is 1.53. The van der Waals surface area contributed by atoms with E-state index in [0.29, 0.717) is 17.1 Å². The Labute approximate surface area is 104 Å². The molecule has 0 saturated heterocycles.